The molecule has 90 valence electrons. The van der Waals surface area contributed by atoms with E-state index in [9.17, 15) is 0 Å². The molecule has 0 unspecified atom stereocenters. The number of nitrogens with zero attached hydrogens (tertiary/aromatic N) is 4. The molecule has 4 nitrogen and oxygen atoms in total. The molecule has 0 amide bonds. The van der Waals surface area contributed by atoms with E-state index < -0.39 is 0 Å². The highest BCUT2D eigenvalue weighted by atomic mass is 15.6. The highest BCUT2D eigenvalue weighted by Crippen LogP contribution is 2.24. The van der Waals surface area contributed by atoms with Crippen LogP contribution in [0.1, 0.15) is 33.3 Å². The van der Waals surface area contributed by atoms with Gasteiger partial charge in [-0.1, -0.05) is 45.0 Å². The Morgan fingerprint density at radius 2 is 1.76 bits per heavy atom. The summed E-state index contributed by atoms with van der Waals surface area (Å²) in [5.41, 5.74) is 2.49. The van der Waals surface area contributed by atoms with Crippen LogP contribution in [0.5, 0.6) is 0 Å². The number of rotatable bonds is 2. The first kappa shape index (κ1) is 11.8. The molecule has 4 heteroatoms. The van der Waals surface area contributed by atoms with Crippen molar-refractivity contribution in [2.45, 2.75) is 39.7 Å². The molecule has 0 saturated carbocycles. The van der Waals surface area contributed by atoms with Crippen molar-refractivity contribution in [1.29, 1.82) is 0 Å². The number of aryl methyl sites for hydroxylation is 1. The van der Waals surface area contributed by atoms with Gasteiger partial charge in [-0.25, -0.2) is 0 Å². The molecule has 2 rings (SSSR count). The summed E-state index contributed by atoms with van der Waals surface area (Å²) < 4.78 is 0. The maximum Gasteiger partial charge on any atom is 0.204 e. The summed E-state index contributed by atoms with van der Waals surface area (Å²) in [5.74, 6) is 0.687. The predicted octanol–water partition coefficient (Wildman–Crippen LogP) is 2.66. The zero-order valence-corrected chi connectivity index (χ0v) is 10.8. The SMILES string of the molecule is CCn1nnc(-c2ccc(C(C)(C)C)cc2)n1. The number of hydrogen-bond donors (Lipinski definition) is 0. The van der Waals surface area contributed by atoms with E-state index in [1.54, 1.807) is 4.80 Å². The van der Waals surface area contributed by atoms with Gasteiger partial charge in [0.1, 0.15) is 0 Å². The third-order valence-electron chi connectivity index (χ3n) is 2.74. The zero-order chi connectivity index (χ0) is 12.5. The second kappa shape index (κ2) is 4.28. The van der Waals surface area contributed by atoms with Gasteiger partial charge in [0.25, 0.3) is 0 Å². The quantitative estimate of drug-likeness (QED) is 0.796. The van der Waals surface area contributed by atoms with Gasteiger partial charge in [-0.2, -0.15) is 4.80 Å². The van der Waals surface area contributed by atoms with Crippen molar-refractivity contribution in [3.05, 3.63) is 29.8 Å². The van der Waals surface area contributed by atoms with Crippen molar-refractivity contribution < 1.29 is 0 Å². The largest absolute Gasteiger partial charge is 0.204 e. The second-order valence-electron chi connectivity index (χ2n) is 5.13. The molecular weight excluding hydrogens is 212 g/mol. The van der Waals surface area contributed by atoms with Gasteiger partial charge < -0.3 is 0 Å². The molecular formula is C13H18N4. The number of benzene rings is 1. The van der Waals surface area contributed by atoms with E-state index in [0.717, 1.165) is 12.1 Å². The van der Waals surface area contributed by atoms with Gasteiger partial charge in [0.2, 0.25) is 5.82 Å². The molecule has 1 aromatic heterocycles. The highest BCUT2D eigenvalue weighted by molar-refractivity contribution is 5.54. The lowest BCUT2D eigenvalue weighted by atomic mass is 9.87. The maximum atomic E-state index is 4.29. The van der Waals surface area contributed by atoms with Crippen LogP contribution in [0.3, 0.4) is 0 Å². The van der Waals surface area contributed by atoms with Crippen LogP contribution in [0.15, 0.2) is 24.3 Å². The van der Waals surface area contributed by atoms with Crippen molar-refractivity contribution in [1.82, 2.24) is 20.2 Å². The van der Waals surface area contributed by atoms with Gasteiger partial charge in [0, 0.05) is 5.56 Å². The lowest BCUT2D eigenvalue weighted by Crippen LogP contribution is -2.10. The van der Waals surface area contributed by atoms with Gasteiger partial charge in [-0.3, -0.25) is 0 Å². The normalized spacial score (nSPS) is 11.8. The first-order chi connectivity index (χ1) is 8.00. The average Bonchev–Trinajstić information content (AvgIpc) is 2.76. The van der Waals surface area contributed by atoms with E-state index in [-0.39, 0.29) is 5.41 Å². The van der Waals surface area contributed by atoms with Crippen LogP contribution >= 0.6 is 0 Å². The molecule has 2 aromatic rings. The molecule has 0 fully saturated rings. The maximum absolute atomic E-state index is 4.29. The van der Waals surface area contributed by atoms with Crippen LogP contribution in [-0.2, 0) is 12.0 Å². The van der Waals surface area contributed by atoms with Crippen molar-refractivity contribution in [2.75, 3.05) is 0 Å². The summed E-state index contributed by atoms with van der Waals surface area (Å²) in [6.45, 7) is 9.34. The molecule has 17 heavy (non-hydrogen) atoms. The minimum Gasteiger partial charge on any atom is -0.164 e. The first-order valence-electron chi connectivity index (χ1n) is 5.89. The molecule has 0 bridgehead atoms. The fraction of sp³-hybridized carbons (Fsp3) is 0.462. The van der Waals surface area contributed by atoms with Crippen LogP contribution in [0, 0.1) is 0 Å². The Morgan fingerprint density at radius 3 is 2.24 bits per heavy atom. The second-order valence-corrected chi connectivity index (χ2v) is 5.13. The Hall–Kier alpha value is -1.71. The van der Waals surface area contributed by atoms with Crippen LogP contribution in [-0.4, -0.2) is 20.2 Å². The summed E-state index contributed by atoms with van der Waals surface area (Å²) in [4.78, 5) is 1.59. The van der Waals surface area contributed by atoms with Gasteiger partial charge in [-0.05, 0) is 23.1 Å². The van der Waals surface area contributed by atoms with E-state index in [2.05, 4.69) is 60.4 Å². The predicted molar refractivity (Wildman–Crippen MR) is 67.6 cm³/mol. The molecule has 1 aromatic carbocycles. The molecule has 0 aliphatic carbocycles. The molecule has 0 atom stereocenters. The van der Waals surface area contributed by atoms with E-state index in [1.165, 1.54) is 5.56 Å². The van der Waals surface area contributed by atoms with E-state index >= 15 is 0 Å². The standard InChI is InChI=1S/C13H18N4/c1-5-17-15-12(14-16-17)10-6-8-11(9-7-10)13(2,3)4/h6-9H,5H2,1-4H3. The Morgan fingerprint density at radius 1 is 1.12 bits per heavy atom. The van der Waals surface area contributed by atoms with E-state index in [0.29, 0.717) is 5.82 Å². The van der Waals surface area contributed by atoms with Crippen molar-refractivity contribution in [2.24, 2.45) is 0 Å². The highest BCUT2D eigenvalue weighted by Gasteiger charge is 2.13. The molecule has 0 aliphatic rings. The number of tetrazole rings is 1. The van der Waals surface area contributed by atoms with E-state index in [4.69, 9.17) is 0 Å². The lowest BCUT2D eigenvalue weighted by molar-refractivity contribution is 0.552. The topological polar surface area (TPSA) is 43.6 Å². The third kappa shape index (κ3) is 2.52. The van der Waals surface area contributed by atoms with Crippen LogP contribution in [0.4, 0.5) is 0 Å². The molecule has 0 spiro atoms. The zero-order valence-electron chi connectivity index (χ0n) is 10.8. The summed E-state index contributed by atoms with van der Waals surface area (Å²) in [5, 5.41) is 12.3. The summed E-state index contributed by atoms with van der Waals surface area (Å²) in [7, 11) is 0. The summed E-state index contributed by atoms with van der Waals surface area (Å²) in [6, 6.07) is 8.36. The van der Waals surface area contributed by atoms with Crippen molar-refractivity contribution in [3.8, 4) is 11.4 Å². The lowest BCUT2D eigenvalue weighted by Gasteiger charge is -2.18. The average molecular weight is 230 g/mol. The molecule has 0 aliphatic heterocycles. The molecule has 0 radical (unpaired) electrons. The Labute approximate surface area is 102 Å². The van der Waals surface area contributed by atoms with E-state index in [1.807, 2.05) is 6.92 Å². The minimum absolute atomic E-state index is 0.174. The fourth-order valence-corrected chi connectivity index (χ4v) is 1.61. The monoisotopic (exact) mass is 230 g/mol. The van der Waals surface area contributed by atoms with Gasteiger partial charge >= 0.3 is 0 Å². The van der Waals surface area contributed by atoms with Crippen molar-refractivity contribution >= 4 is 0 Å². The van der Waals surface area contributed by atoms with Crippen LogP contribution in [0.25, 0.3) is 11.4 Å². The van der Waals surface area contributed by atoms with Crippen molar-refractivity contribution in [3.63, 3.8) is 0 Å². The Balaban J connectivity index is 2.29. The Kier molecular flexibility index (Phi) is 2.96. The van der Waals surface area contributed by atoms with Gasteiger partial charge in [0.05, 0.1) is 6.54 Å². The summed E-state index contributed by atoms with van der Waals surface area (Å²) >= 11 is 0. The smallest absolute Gasteiger partial charge is 0.164 e. The van der Waals surface area contributed by atoms with Gasteiger partial charge in [-0.15, -0.1) is 10.2 Å². The van der Waals surface area contributed by atoms with Gasteiger partial charge in [0.15, 0.2) is 0 Å². The molecule has 1 heterocycles. The first-order valence-corrected chi connectivity index (χ1v) is 5.89. The number of hydrogen-bond acceptors (Lipinski definition) is 3. The Bertz CT molecular complexity index is 491. The van der Waals surface area contributed by atoms with Crippen LogP contribution in [0.2, 0.25) is 0 Å². The summed E-state index contributed by atoms with van der Waals surface area (Å²) in [6.07, 6.45) is 0. The van der Waals surface area contributed by atoms with Crippen LogP contribution < -0.4 is 0 Å². The minimum atomic E-state index is 0.174. The molecule has 0 N–H and O–H groups in total. The fourth-order valence-electron chi connectivity index (χ4n) is 1.61. The third-order valence-corrected chi connectivity index (χ3v) is 2.74. The molecule has 0 saturated heterocycles. The number of aromatic nitrogens is 4.